The van der Waals surface area contributed by atoms with Gasteiger partial charge in [-0.2, -0.15) is 5.10 Å². The number of hydrogen-bond donors (Lipinski definition) is 0. The first-order valence-electron chi connectivity index (χ1n) is 5.82. The molecule has 0 bridgehead atoms. The first-order valence-corrected chi connectivity index (χ1v) is 6.95. The van der Waals surface area contributed by atoms with Crippen LogP contribution in [0.2, 0.25) is 15.1 Å². The standard InChI is InChI=1S/C13H11Cl3N2O2/c1-3-20-13(19)9-6-17-18(7(9)2)12-10(15)4-8(14)5-11(12)16/h4-6H,3H2,1-2H3. The van der Waals surface area contributed by atoms with E-state index in [0.717, 1.165) is 0 Å². The quantitative estimate of drug-likeness (QED) is 0.786. The molecule has 1 aromatic heterocycles. The van der Waals surface area contributed by atoms with E-state index in [9.17, 15) is 4.79 Å². The minimum atomic E-state index is -0.433. The zero-order valence-corrected chi connectivity index (χ0v) is 13.1. The highest BCUT2D eigenvalue weighted by Crippen LogP contribution is 2.33. The smallest absolute Gasteiger partial charge is 0.341 e. The van der Waals surface area contributed by atoms with Gasteiger partial charge in [0, 0.05) is 5.02 Å². The van der Waals surface area contributed by atoms with Gasteiger partial charge < -0.3 is 4.74 Å². The van der Waals surface area contributed by atoms with E-state index in [1.165, 1.54) is 10.9 Å². The topological polar surface area (TPSA) is 44.1 Å². The Morgan fingerprint density at radius 3 is 2.45 bits per heavy atom. The van der Waals surface area contributed by atoms with Gasteiger partial charge in [0.15, 0.2) is 0 Å². The van der Waals surface area contributed by atoms with E-state index >= 15 is 0 Å². The summed E-state index contributed by atoms with van der Waals surface area (Å²) in [6.07, 6.45) is 1.43. The van der Waals surface area contributed by atoms with Gasteiger partial charge in [0.2, 0.25) is 0 Å². The van der Waals surface area contributed by atoms with E-state index in [-0.39, 0.29) is 0 Å². The lowest BCUT2D eigenvalue weighted by molar-refractivity contribution is 0.0525. The average Bonchev–Trinajstić information content (AvgIpc) is 2.71. The fourth-order valence-electron chi connectivity index (χ4n) is 1.78. The SMILES string of the molecule is CCOC(=O)c1cnn(-c2c(Cl)cc(Cl)cc2Cl)c1C. The highest BCUT2D eigenvalue weighted by atomic mass is 35.5. The summed E-state index contributed by atoms with van der Waals surface area (Å²) in [5.41, 5.74) is 1.44. The zero-order valence-electron chi connectivity index (χ0n) is 10.8. The molecule has 0 atom stereocenters. The molecule has 2 aromatic rings. The fraction of sp³-hybridized carbons (Fsp3) is 0.231. The number of aromatic nitrogens is 2. The number of hydrogen-bond acceptors (Lipinski definition) is 3. The molecule has 0 saturated heterocycles. The lowest BCUT2D eigenvalue weighted by Gasteiger charge is -2.10. The van der Waals surface area contributed by atoms with Gasteiger partial charge in [-0.1, -0.05) is 34.8 Å². The minimum absolute atomic E-state index is 0.298. The number of nitrogens with zero attached hydrogens (tertiary/aromatic N) is 2. The van der Waals surface area contributed by atoms with Crippen LogP contribution in [0.25, 0.3) is 5.69 Å². The third-order valence-electron chi connectivity index (χ3n) is 2.70. The molecule has 0 amide bonds. The number of halogens is 3. The van der Waals surface area contributed by atoms with Gasteiger partial charge in [-0.3, -0.25) is 0 Å². The molecule has 0 radical (unpaired) electrons. The second kappa shape index (κ2) is 6.04. The van der Waals surface area contributed by atoms with E-state index in [4.69, 9.17) is 39.5 Å². The normalized spacial score (nSPS) is 10.7. The molecule has 0 unspecified atom stereocenters. The van der Waals surface area contributed by atoms with Gasteiger partial charge in [-0.05, 0) is 26.0 Å². The highest BCUT2D eigenvalue weighted by molar-refractivity contribution is 6.40. The van der Waals surface area contributed by atoms with Gasteiger partial charge in [-0.15, -0.1) is 0 Å². The summed E-state index contributed by atoms with van der Waals surface area (Å²) in [7, 11) is 0. The molecule has 0 fully saturated rings. The molecule has 1 aromatic carbocycles. The Labute approximate surface area is 131 Å². The molecule has 0 N–H and O–H groups in total. The van der Waals surface area contributed by atoms with Gasteiger partial charge >= 0.3 is 5.97 Å². The molecule has 2 rings (SSSR count). The number of esters is 1. The molecule has 0 spiro atoms. The molecular weight excluding hydrogens is 323 g/mol. The van der Waals surface area contributed by atoms with Crippen LogP contribution in [0, 0.1) is 6.92 Å². The van der Waals surface area contributed by atoms with E-state index in [1.807, 2.05) is 0 Å². The van der Waals surface area contributed by atoms with Crippen LogP contribution in [-0.4, -0.2) is 22.4 Å². The Kier molecular flexibility index (Phi) is 4.58. The maximum atomic E-state index is 11.8. The number of ether oxygens (including phenoxy) is 1. The molecule has 4 nitrogen and oxygen atoms in total. The molecule has 0 aliphatic rings. The van der Waals surface area contributed by atoms with Crippen LogP contribution >= 0.6 is 34.8 Å². The molecule has 7 heteroatoms. The van der Waals surface area contributed by atoms with Gasteiger partial charge in [0.05, 0.1) is 28.5 Å². The molecular formula is C13H11Cl3N2O2. The second-order valence-corrected chi connectivity index (χ2v) is 5.24. The van der Waals surface area contributed by atoms with E-state index in [0.29, 0.717) is 38.6 Å². The summed E-state index contributed by atoms with van der Waals surface area (Å²) in [4.78, 5) is 11.8. The summed E-state index contributed by atoms with van der Waals surface area (Å²) < 4.78 is 6.45. The number of carbonyl (C=O) groups is 1. The van der Waals surface area contributed by atoms with E-state index in [2.05, 4.69) is 5.10 Å². The van der Waals surface area contributed by atoms with E-state index in [1.54, 1.807) is 26.0 Å². The Balaban J connectivity index is 2.53. The predicted octanol–water partition coefficient (Wildman–Crippen LogP) is 4.32. The third kappa shape index (κ3) is 2.77. The second-order valence-electron chi connectivity index (χ2n) is 3.99. The maximum absolute atomic E-state index is 11.8. The van der Waals surface area contributed by atoms with Crippen molar-refractivity contribution in [1.29, 1.82) is 0 Å². The van der Waals surface area contributed by atoms with Crippen LogP contribution in [0.4, 0.5) is 0 Å². The maximum Gasteiger partial charge on any atom is 0.341 e. The van der Waals surface area contributed by atoms with Gasteiger partial charge in [0.1, 0.15) is 11.3 Å². The van der Waals surface area contributed by atoms with Crippen LogP contribution in [0.15, 0.2) is 18.3 Å². The predicted molar refractivity (Wildman–Crippen MR) is 79.3 cm³/mol. The molecule has 20 heavy (non-hydrogen) atoms. The molecule has 0 saturated carbocycles. The fourth-order valence-corrected chi connectivity index (χ4v) is 2.76. The lowest BCUT2D eigenvalue weighted by atomic mass is 10.2. The minimum Gasteiger partial charge on any atom is -0.462 e. The largest absolute Gasteiger partial charge is 0.462 e. The van der Waals surface area contributed by atoms with E-state index < -0.39 is 5.97 Å². The first kappa shape index (κ1) is 15.2. The Morgan fingerprint density at radius 2 is 1.90 bits per heavy atom. The van der Waals surface area contributed by atoms with Crippen molar-refractivity contribution in [2.75, 3.05) is 6.61 Å². The van der Waals surface area contributed by atoms with Crippen LogP contribution < -0.4 is 0 Å². The van der Waals surface area contributed by atoms with Gasteiger partial charge in [-0.25, -0.2) is 9.48 Å². The number of rotatable bonds is 3. The summed E-state index contributed by atoms with van der Waals surface area (Å²) in [6, 6.07) is 3.13. The molecule has 0 aliphatic heterocycles. The molecule has 106 valence electrons. The van der Waals surface area contributed by atoms with Crippen molar-refractivity contribution >= 4 is 40.8 Å². The van der Waals surface area contributed by atoms with Crippen LogP contribution in [-0.2, 0) is 4.74 Å². The van der Waals surface area contributed by atoms with Crippen molar-refractivity contribution in [1.82, 2.24) is 9.78 Å². The van der Waals surface area contributed by atoms with Crippen molar-refractivity contribution < 1.29 is 9.53 Å². The number of benzene rings is 1. The summed E-state index contributed by atoms with van der Waals surface area (Å²) >= 11 is 18.2. The Morgan fingerprint density at radius 1 is 1.30 bits per heavy atom. The van der Waals surface area contributed by atoms with Crippen molar-refractivity contribution in [2.45, 2.75) is 13.8 Å². The van der Waals surface area contributed by atoms with Crippen molar-refractivity contribution in [3.05, 3.63) is 44.7 Å². The monoisotopic (exact) mass is 332 g/mol. The molecule has 1 heterocycles. The average molecular weight is 334 g/mol. The van der Waals surface area contributed by atoms with Crippen molar-refractivity contribution in [3.63, 3.8) is 0 Å². The van der Waals surface area contributed by atoms with Crippen LogP contribution in [0.3, 0.4) is 0 Å². The highest BCUT2D eigenvalue weighted by Gasteiger charge is 2.19. The summed E-state index contributed by atoms with van der Waals surface area (Å²) in [5, 5.41) is 5.28. The van der Waals surface area contributed by atoms with Gasteiger partial charge in [0.25, 0.3) is 0 Å². The summed E-state index contributed by atoms with van der Waals surface area (Å²) in [6.45, 7) is 3.77. The summed E-state index contributed by atoms with van der Waals surface area (Å²) in [5.74, 6) is -0.433. The number of carbonyl (C=O) groups excluding carboxylic acids is 1. The van der Waals surface area contributed by atoms with Crippen LogP contribution in [0.5, 0.6) is 0 Å². The zero-order chi connectivity index (χ0) is 14.9. The Bertz CT molecular complexity index is 645. The Hall–Kier alpha value is -1.23. The lowest BCUT2D eigenvalue weighted by Crippen LogP contribution is -2.07. The van der Waals surface area contributed by atoms with Crippen molar-refractivity contribution in [3.8, 4) is 5.69 Å². The third-order valence-corrected chi connectivity index (χ3v) is 3.49. The first-order chi connectivity index (χ1) is 9.45. The van der Waals surface area contributed by atoms with Crippen LogP contribution in [0.1, 0.15) is 23.0 Å². The molecule has 0 aliphatic carbocycles. The van der Waals surface area contributed by atoms with Crippen molar-refractivity contribution in [2.24, 2.45) is 0 Å².